The summed E-state index contributed by atoms with van der Waals surface area (Å²) >= 11 is 1.34. The van der Waals surface area contributed by atoms with Gasteiger partial charge in [0.2, 0.25) is 0 Å². The number of hydrogen-bond acceptors (Lipinski definition) is 4. The summed E-state index contributed by atoms with van der Waals surface area (Å²) in [6.07, 6.45) is 1.56. The number of aromatic nitrogens is 1. The number of thiazole rings is 1. The Morgan fingerprint density at radius 2 is 2.12 bits per heavy atom. The minimum absolute atomic E-state index is 0.239. The summed E-state index contributed by atoms with van der Waals surface area (Å²) in [6, 6.07) is 8.41. The van der Waals surface area contributed by atoms with Crippen LogP contribution >= 0.6 is 11.3 Å². The van der Waals surface area contributed by atoms with Crippen LogP contribution in [-0.2, 0) is 6.54 Å². The highest BCUT2D eigenvalue weighted by Crippen LogP contribution is 2.22. The molecule has 1 aromatic heterocycles. The maximum atomic E-state index is 12.7. The van der Waals surface area contributed by atoms with Crippen LogP contribution in [0.5, 0.6) is 0 Å². The number of benzene rings is 1. The van der Waals surface area contributed by atoms with Crippen molar-refractivity contribution in [3.8, 4) is 6.07 Å². The molecule has 0 aliphatic rings. The molecule has 0 aliphatic heterocycles. The summed E-state index contributed by atoms with van der Waals surface area (Å²) in [5, 5.41) is 9.50. The Kier molecular flexibility index (Phi) is 3.35. The summed E-state index contributed by atoms with van der Waals surface area (Å²) in [4.78, 5) is 6.67. The van der Waals surface area contributed by atoms with Crippen molar-refractivity contribution in [1.29, 1.82) is 5.26 Å². The van der Waals surface area contributed by atoms with Crippen LogP contribution < -0.4 is 4.90 Å². The Morgan fingerprint density at radius 3 is 2.71 bits per heavy atom. The van der Waals surface area contributed by atoms with Crippen molar-refractivity contribution in [2.24, 2.45) is 0 Å². The molecule has 0 atom stereocenters. The molecule has 2 aromatic rings. The van der Waals surface area contributed by atoms with Crippen LogP contribution in [0, 0.1) is 17.1 Å². The van der Waals surface area contributed by atoms with Crippen LogP contribution in [0.2, 0.25) is 0 Å². The molecule has 2 rings (SSSR count). The number of nitrogens with zero attached hydrogens (tertiary/aromatic N) is 3. The van der Waals surface area contributed by atoms with Crippen molar-refractivity contribution >= 4 is 16.5 Å². The predicted molar refractivity (Wildman–Crippen MR) is 65.3 cm³/mol. The molecule has 0 aliphatic carbocycles. The van der Waals surface area contributed by atoms with Gasteiger partial charge in [0.15, 0.2) is 5.13 Å². The first kappa shape index (κ1) is 11.6. The molecular formula is C12H10FN3S. The molecule has 0 spiro atoms. The van der Waals surface area contributed by atoms with Crippen LogP contribution in [0.3, 0.4) is 0 Å². The molecule has 17 heavy (non-hydrogen) atoms. The quantitative estimate of drug-likeness (QED) is 0.837. The minimum Gasteiger partial charge on any atom is -0.347 e. The highest BCUT2D eigenvalue weighted by Gasteiger charge is 2.07. The van der Waals surface area contributed by atoms with Crippen LogP contribution in [0.25, 0.3) is 0 Å². The van der Waals surface area contributed by atoms with Crippen LogP contribution in [-0.4, -0.2) is 12.0 Å². The van der Waals surface area contributed by atoms with Gasteiger partial charge in [-0.15, -0.1) is 0 Å². The number of halogens is 1. The van der Waals surface area contributed by atoms with E-state index in [9.17, 15) is 4.39 Å². The van der Waals surface area contributed by atoms with Crippen molar-refractivity contribution in [3.05, 3.63) is 46.7 Å². The van der Waals surface area contributed by atoms with Crippen molar-refractivity contribution in [3.63, 3.8) is 0 Å². The van der Waals surface area contributed by atoms with E-state index in [4.69, 9.17) is 5.26 Å². The highest BCUT2D eigenvalue weighted by molar-refractivity contribution is 7.16. The summed E-state index contributed by atoms with van der Waals surface area (Å²) in [6.45, 7) is 0.638. The molecular weight excluding hydrogens is 237 g/mol. The SMILES string of the molecule is CN(Cc1ccc(F)cc1)c1ncc(C#N)s1. The average molecular weight is 247 g/mol. The monoisotopic (exact) mass is 247 g/mol. The van der Waals surface area contributed by atoms with Crippen molar-refractivity contribution < 1.29 is 4.39 Å². The third kappa shape index (κ3) is 2.80. The molecule has 1 heterocycles. The standard InChI is InChI=1S/C12H10FN3S/c1-16(12-15-7-11(6-14)17-12)8-9-2-4-10(13)5-3-9/h2-5,7H,8H2,1H3. The summed E-state index contributed by atoms with van der Waals surface area (Å²) in [5.74, 6) is -0.239. The second-order valence-corrected chi connectivity index (χ2v) is 4.61. The zero-order chi connectivity index (χ0) is 12.3. The van der Waals surface area contributed by atoms with E-state index in [1.54, 1.807) is 18.3 Å². The Morgan fingerprint density at radius 1 is 1.41 bits per heavy atom. The number of rotatable bonds is 3. The van der Waals surface area contributed by atoms with Crippen LogP contribution in [0.1, 0.15) is 10.4 Å². The van der Waals surface area contributed by atoms with Gasteiger partial charge in [-0.1, -0.05) is 23.5 Å². The molecule has 0 radical (unpaired) electrons. The molecule has 0 saturated heterocycles. The fraction of sp³-hybridized carbons (Fsp3) is 0.167. The summed E-state index contributed by atoms with van der Waals surface area (Å²) < 4.78 is 12.7. The Hall–Kier alpha value is -1.93. The van der Waals surface area contributed by atoms with Gasteiger partial charge in [-0.3, -0.25) is 0 Å². The summed E-state index contributed by atoms with van der Waals surface area (Å²) in [7, 11) is 1.89. The zero-order valence-corrected chi connectivity index (χ0v) is 10.0. The fourth-order valence-electron chi connectivity index (χ4n) is 1.42. The van der Waals surface area contributed by atoms with Gasteiger partial charge in [-0.05, 0) is 17.7 Å². The third-order valence-corrected chi connectivity index (χ3v) is 3.28. The van der Waals surface area contributed by atoms with E-state index in [-0.39, 0.29) is 5.82 Å². The molecule has 5 heteroatoms. The van der Waals surface area contributed by atoms with Gasteiger partial charge in [0, 0.05) is 13.6 Å². The Labute approximate surface area is 103 Å². The molecule has 3 nitrogen and oxygen atoms in total. The van der Waals surface area contributed by atoms with E-state index in [1.807, 2.05) is 11.9 Å². The number of hydrogen-bond donors (Lipinski definition) is 0. The number of nitriles is 1. The Bertz CT molecular complexity index is 542. The van der Waals surface area contributed by atoms with Crippen molar-refractivity contribution in [1.82, 2.24) is 4.98 Å². The number of anilines is 1. The van der Waals surface area contributed by atoms with Crippen LogP contribution in [0.4, 0.5) is 9.52 Å². The van der Waals surface area contributed by atoms with Crippen molar-refractivity contribution in [2.75, 3.05) is 11.9 Å². The first-order valence-corrected chi connectivity index (χ1v) is 5.82. The highest BCUT2D eigenvalue weighted by atomic mass is 32.1. The predicted octanol–water partition coefficient (Wildman–Crippen LogP) is 2.79. The maximum absolute atomic E-state index is 12.7. The molecule has 0 fully saturated rings. The first-order chi connectivity index (χ1) is 8.19. The van der Waals surface area contributed by atoms with Crippen LogP contribution in [0.15, 0.2) is 30.5 Å². The fourth-order valence-corrected chi connectivity index (χ4v) is 2.10. The molecule has 0 saturated carbocycles. The van der Waals surface area contributed by atoms with Crippen molar-refractivity contribution in [2.45, 2.75) is 6.54 Å². The van der Waals surface area contributed by atoms with E-state index < -0.39 is 0 Å². The van der Waals surface area contributed by atoms with Gasteiger partial charge in [-0.25, -0.2) is 9.37 Å². The van der Waals surface area contributed by atoms with E-state index in [0.29, 0.717) is 11.4 Å². The lowest BCUT2D eigenvalue weighted by Gasteiger charge is -2.15. The molecule has 0 N–H and O–H groups in total. The van der Waals surface area contributed by atoms with E-state index in [1.165, 1.54) is 23.5 Å². The van der Waals surface area contributed by atoms with E-state index in [0.717, 1.165) is 10.7 Å². The Balaban J connectivity index is 2.08. The topological polar surface area (TPSA) is 39.9 Å². The molecule has 1 aromatic carbocycles. The minimum atomic E-state index is -0.239. The zero-order valence-electron chi connectivity index (χ0n) is 9.22. The van der Waals surface area contributed by atoms with E-state index >= 15 is 0 Å². The second-order valence-electron chi connectivity index (χ2n) is 3.60. The lowest BCUT2D eigenvalue weighted by Crippen LogP contribution is -2.15. The first-order valence-electron chi connectivity index (χ1n) is 5.00. The maximum Gasteiger partial charge on any atom is 0.186 e. The average Bonchev–Trinajstić information content (AvgIpc) is 2.81. The van der Waals surface area contributed by atoms with Gasteiger partial charge in [0.25, 0.3) is 0 Å². The van der Waals surface area contributed by atoms with Gasteiger partial charge in [-0.2, -0.15) is 5.26 Å². The molecule has 0 bridgehead atoms. The second kappa shape index (κ2) is 4.93. The lowest BCUT2D eigenvalue weighted by molar-refractivity contribution is 0.627. The molecule has 0 unspecified atom stereocenters. The van der Waals surface area contributed by atoms with Gasteiger partial charge < -0.3 is 4.90 Å². The smallest absolute Gasteiger partial charge is 0.186 e. The van der Waals surface area contributed by atoms with Gasteiger partial charge >= 0.3 is 0 Å². The third-order valence-electron chi connectivity index (χ3n) is 2.26. The largest absolute Gasteiger partial charge is 0.347 e. The van der Waals surface area contributed by atoms with Gasteiger partial charge in [0.1, 0.15) is 16.8 Å². The van der Waals surface area contributed by atoms with E-state index in [2.05, 4.69) is 11.1 Å². The molecule has 0 amide bonds. The normalized spacial score (nSPS) is 9.94. The lowest BCUT2D eigenvalue weighted by atomic mass is 10.2. The summed E-state index contributed by atoms with van der Waals surface area (Å²) in [5.41, 5.74) is 1.00. The van der Waals surface area contributed by atoms with Gasteiger partial charge in [0.05, 0.1) is 6.20 Å². The molecule has 86 valence electrons.